The Labute approximate surface area is 206 Å². The number of fused-ring (bicyclic) bond motifs is 1. The molecule has 3 aromatic carbocycles. The number of halogens is 1. The zero-order valence-corrected chi connectivity index (χ0v) is 20.9. The van der Waals surface area contributed by atoms with Gasteiger partial charge in [-0.15, -0.1) is 0 Å². The first kappa shape index (κ1) is 23.7. The maximum Gasteiger partial charge on any atom is 0.175 e. The Bertz CT molecular complexity index is 1440. The van der Waals surface area contributed by atoms with Crippen LogP contribution in [0.4, 0.5) is 11.5 Å². The highest BCUT2D eigenvalue weighted by Gasteiger charge is 2.12. The number of aromatic nitrogens is 2. The topological polar surface area (TPSA) is 90.4 Å². The van der Waals surface area contributed by atoms with E-state index in [4.69, 9.17) is 9.47 Å². The normalized spacial score (nSPS) is 11.6. The van der Waals surface area contributed by atoms with Crippen molar-refractivity contribution in [3.8, 4) is 11.5 Å². The molecule has 0 unspecified atom stereocenters. The van der Waals surface area contributed by atoms with Crippen molar-refractivity contribution in [2.75, 3.05) is 19.5 Å². The molecule has 0 amide bonds. The van der Waals surface area contributed by atoms with Crippen molar-refractivity contribution < 1.29 is 17.9 Å². The van der Waals surface area contributed by atoms with E-state index in [1.165, 1.54) is 11.7 Å². The van der Waals surface area contributed by atoms with Gasteiger partial charge in [0.25, 0.3) is 0 Å². The summed E-state index contributed by atoms with van der Waals surface area (Å²) in [6.45, 7) is 0. The van der Waals surface area contributed by atoms with E-state index in [1.807, 2.05) is 42.5 Å². The smallest absolute Gasteiger partial charge is 0.175 e. The van der Waals surface area contributed by atoms with E-state index in [2.05, 4.69) is 31.2 Å². The average molecular weight is 540 g/mol. The van der Waals surface area contributed by atoms with Gasteiger partial charge in [0.15, 0.2) is 21.3 Å². The molecule has 0 spiro atoms. The minimum Gasteiger partial charge on any atom is -0.493 e. The van der Waals surface area contributed by atoms with Gasteiger partial charge in [-0.05, 0) is 47.5 Å². The first-order chi connectivity index (χ1) is 16.4. The number of methoxy groups -OCH3 is 2. The van der Waals surface area contributed by atoms with E-state index in [0.29, 0.717) is 28.4 Å². The Morgan fingerprint density at radius 2 is 1.62 bits per heavy atom. The van der Waals surface area contributed by atoms with Crippen molar-refractivity contribution in [2.45, 2.75) is 5.75 Å². The van der Waals surface area contributed by atoms with Crippen molar-refractivity contribution in [3.05, 3.63) is 88.0 Å². The van der Waals surface area contributed by atoms with Crippen LogP contribution in [-0.4, -0.2) is 32.6 Å². The van der Waals surface area contributed by atoms with Crippen LogP contribution in [0, 0.1) is 0 Å². The predicted octanol–water partition coefficient (Wildman–Crippen LogP) is 5.74. The van der Waals surface area contributed by atoms with Gasteiger partial charge < -0.3 is 14.8 Å². The summed E-state index contributed by atoms with van der Waals surface area (Å²) in [5.41, 5.74) is 2.97. The zero-order chi connectivity index (χ0) is 24.1. The SMILES string of the molecule is COc1cc2ncnc(Nc3ccc(CS(=O)(=O)/C=C/c4ccc(Br)cc4)cc3)c2cc1OC. The molecular formula is C25H22BrN3O4S. The molecule has 7 nitrogen and oxygen atoms in total. The summed E-state index contributed by atoms with van der Waals surface area (Å²) in [5, 5.41) is 5.28. The zero-order valence-electron chi connectivity index (χ0n) is 18.5. The molecule has 0 saturated heterocycles. The van der Waals surface area contributed by atoms with Crippen molar-refractivity contribution in [3.63, 3.8) is 0 Å². The van der Waals surface area contributed by atoms with Gasteiger partial charge in [-0.2, -0.15) is 0 Å². The fourth-order valence-corrected chi connectivity index (χ4v) is 4.72. The molecule has 0 aliphatic carbocycles. The monoisotopic (exact) mass is 539 g/mol. The summed E-state index contributed by atoms with van der Waals surface area (Å²) >= 11 is 3.37. The highest BCUT2D eigenvalue weighted by Crippen LogP contribution is 2.34. The van der Waals surface area contributed by atoms with Crippen LogP contribution in [0.15, 0.2) is 76.9 Å². The Morgan fingerprint density at radius 1 is 0.941 bits per heavy atom. The average Bonchev–Trinajstić information content (AvgIpc) is 2.84. The molecule has 1 aromatic heterocycles. The van der Waals surface area contributed by atoms with Gasteiger partial charge in [0.2, 0.25) is 0 Å². The summed E-state index contributed by atoms with van der Waals surface area (Å²) in [6.07, 6.45) is 3.07. The van der Waals surface area contributed by atoms with E-state index in [1.54, 1.807) is 38.5 Å². The molecule has 1 heterocycles. The minimum absolute atomic E-state index is 0.0895. The van der Waals surface area contributed by atoms with Gasteiger partial charge in [-0.3, -0.25) is 0 Å². The summed E-state index contributed by atoms with van der Waals surface area (Å²) in [7, 11) is -0.274. The van der Waals surface area contributed by atoms with Gasteiger partial charge in [0.1, 0.15) is 12.1 Å². The fourth-order valence-electron chi connectivity index (χ4n) is 3.34. The van der Waals surface area contributed by atoms with E-state index in [-0.39, 0.29) is 5.75 Å². The molecule has 0 aliphatic rings. The number of ether oxygens (including phenoxy) is 2. The second kappa shape index (κ2) is 10.2. The van der Waals surface area contributed by atoms with Gasteiger partial charge in [-0.1, -0.05) is 40.2 Å². The molecule has 9 heteroatoms. The Kier molecular flexibility index (Phi) is 7.14. The van der Waals surface area contributed by atoms with Gasteiger partial charge in [-0.25, -0.2) is 18.4 Å². The van der Waals surface area contributed by atoms with Crippen LogP contribution in [0.3, 0.4) is 0 Å². The third-order valence-corrected chi connectivity index (χ3v) is 6.88. The fraction of sp³-hybridized carbons (Fsp3) is 0.120. The quantitative estimate of drug-likeness (QED) is 0.305. The molecule has 174 valence electrons. The molecule has 0 atom stereocenters. The number of rotatable bonds is 8. The number of hydrogen-bond acceptors (Lipinski definition) is 7. The van der Waals surface area contributed by atoms with E-state index in [0.717, 1.165) is 21.1 Å². The summed E-state index contributed by atoms with van der Waals surface area (Å²) in [6, 6.07) is 18.2. The van der Waals surface area contributed by atoms with Crippen molar-refractivity contribution in [1.29, 1.82) is 0 Å². The number of nitrogens with zero attached hydrogens (tertiary/aromatic N) is 2. The standard InChI is InChI=1S/C25H22BrN3O4S/c1-32-23-13-21-22(14-24(23)33-2)27-16-28-25(21)29-20-9-5-18(6-10-20)15-34(30,31)12-11-17-3-7-19(26)8-4-17/h3-14,16H,15H2,1-2H3,(H,27,28,29)/b12-11+. The number of benzene rings is 3. The molecule has 4 rings (SSSR count). The molecule has 0 radical (unpaired) electrons. The molecule has 0 fully saturated rings. The lowest BCUT2D eigenvalue weighted by Crippen LogP contribution is -2.01. The lowest BCUT2D eigenvalue weighted by atomic mass is 10.2. The molecule has 34 heavy (non-hydrogen) atoms. The number of anilines is 2. The predicted molar refractivity (Wildman–Crippen MR) is 138 cm³/mol. The second-order valence-electron chi connectivity index (χ2n) is 7.43. The molecule has 4 aromatic rings. The van der Waals surface area contributed by atoms with Gasteiger partial charge >= 0.3 is 0 Å². The third-order valence-electron chi connectivity index (χ3n) is 5.06. The molecule has 1 N–H and O–H groups in total. The highest BCUT2D eigenvalue weighted by atomic mass is 79.9. The number of hydrogen-bond donors (Lipinski definition) is 1. The Balaban J connectivity index is 1.50. The molecule has 0 aliphatic heterocycles. The Morgan fingerprint density at radius 3 is 2.29 bits per heavy atom. The first-order valence-corrected chi connectivity index (χ1v) is 12.8. The number of nitrogens with one attached hydrogen (secondary N) is 1. The summed E-state index contributed by atoms with van der Waals surface area (Å²) in [5.74, 6) is 1.67. The van der Waals surface area contributed by atoms with Crippen molar-refractivity contribution in [2.24, 2.45) is 0 Å². The number of sulfone groups is 1. The lowest BCUT2D eigenvalue weighted by Gasteiger charge is -2.12. The lowest BCUT2D eigenvalue weighted by molar-refractivity contribution is 0.356. The summed E-state index contributed by atoms with van der Waals surface area (Å²) in [4.78, 5) is 8.65. The van der Waals surface area contributed by atoms with Crippen LogP contribution in [0.1, 0.15) is 11.1 Å². The molecular weight excluding hydrogens is 518 g/mol. The first-order valence-electron chi connectivity index (χ1n) is 10.3. The van der Waals surface area contributed by atoms with E-state index < -0.39 is 9.84 Å². The van der Waals surface area contributed by atoms with Crippen LogP contribution >= 0.6 is 15.9 Å². The maximum atomic E-state index is 12.5. The summed E-state index contributed by atoms with van der Waals surface area (Å²) < 4.78 is 36.7. The van der Waals surface area contributed by atoms with Gasteiger partial charge in [0, 0.05) is 27.0 Å². The van der Waals surface area contributed by atoms with Crippen LogP contribution in [0.5, 0.6) is 11.5 Å². The molecule has 0 bridgehead atoms. The maximum absolute atomic E-state index is 12.5. The van der Waals surface area contributed by atoms with Crippen LogP contribution in [-0.2, 0) is 15.6 Å². The third kappa shape index (κ3) is 5.73. The van der Waals surface area contributed by atoms with Crippen LogP contribution < -0.4 is 14.8 Å². The van der Waals surface area contributed by atoms with Crippen molar-refractivity contribution in [1.82, 2.24) is 9.97 Å². The van der Waals surface area contributed by atoms with E-state index >= 15 is 0 Å². The second-order valence-corrected chi connectivity index (χ2v) is 10.2. The van der Waals surface area contributed by atoms with Crippen LogP contribution in [0.2, 0.25) is 0 Å². The molecule has 0 saturated carbocycles. The van der Waals surface area contributed by atoms with Crippen LogP contribution in [0.25, 0.3) is 17.0 Å². The van der Waals surface area contributed by atoms with Crippen molar-refractivity contribution >= 4 is 54.3 Å². The van der Waals surface area contributed by atoms with E-state index in [9.17, 15) is 8.42 Å². The largest absolute Gasteiger partial charge is 0.493 e. The highest BCUT2D eigenvalue weighted by molar-refractivity contribution is 9.10. The van der Waals surface area contributed by atoms with Gasteiger partial charge in [0.05, 0.1) is 25.5 Å². The minimum atomic E-state index is -3.42. The Hall–Kier alpha value is -3.43.